The molecule has 0 spiro atoms. The van der Waals surface area contributed by atoms with Gasteiger partial charge in [0, 0.05) is 0 Å². The number of thiophene rings is 1. The minimum atomic E-state index is 0.683. The number of hydrogen-bond acceptors (Lipinski definition) is 3. The zero-order valence-electron chi connectivity index (χ0n) is 6.79. The van der Waals surface area contributed by atoms with Gasteiger partial charge in [-0.1, -0.05) is 0 Å². The Labute approximate surface area is 74.8 Å². The van der Waals surface area contributed by atoms with Crippen molar-refractivity contribution in [2.24, 2.45) is 0 Å². The second-order valence-electron chi connectivity index (χ2n) is 2.86. The molecule has 0 saturated heterocycles. The molecule has 0 unspecified atom stereocenters. The van der Waals surface area contributed by atoms with E-state index in [1.807, 2.05) is 18.4 Å². The van der Waals surface area contributed by atoms with E-state index in [1.54, 1.807) is 11.3 Å². The van der Waals surface area contributed by atoms with Crippen molar-refractivity contribution in [1.29, 1.82) is 0 Å². The van der Waals surface area contributed by atoms with E-state index in [4.69, 9.17) is 11.5 Å². The molecule has 4 N–H and O–H groups in total. The van der Waals surface area contributed by atoms with Crippen LogP contribution in [-0.4, -0.2) is 0 Å². The highest BCUT2D eigenvalue weighted by molar-refractivity contribution is 7.18. The van der Waals surface area contributed by atoms with Crippen LogP contribution in [0.25, 0.3) is 10.1 Å². The zero-order chi connectivity index (χ0) is 8.72. The topological polar surface area (TPSA) is 52.0 Å². The third kappa shape index (κ3) is 0.865. The largest absolute Gasteiger partial charge is 0.397 e. The number of anilines is 2. The van der Waals surface area contributed by atoms with Gasteiger partial charge in [-0.25, -0.2) is 0 Å². The van der Waals surface area contributed by atoms with Gasteiger partial charge in [-0.2, -0.15) is 0 Å². The number of nitrogens with two attached hydrogens (primary N) is 2. The standard InChI is InChI=1S/C9H10N2S/c1-5-4-7(10)8(11)9-6(5)2-3-12-9/h2-4H,10-11H2,1H3. The smallest absolute Gasteiger partial charge is 0.0729 e. The summed E-state index contributed by atoms with van der Waals surface area (Å²) in [6.45, 7) is 2.05. The van der Waals surface area contributed by atoms with E-state index in [0.717, 1.165) is 4.70 Å². The highest BCUT2D eigenvalue weighted by Crippen LogP contribution is 2.33. The summed E-state index contributed by atoms with van der Waals surface area (Å²) in [5, 5.41) is 3.25. The fourth-order valence-electron chi connectivity index (χ4n) is 1.35. The van der Waals surface area contributed by atoms with Crippen molar-refractivity contribution in [2.45, 2.75) is 6.92 Å². The summed E-state index contributed by atoms with van der Waals surface area (Å²) in [4.78, 5) is 0. The van der Waals surface area contributed by atoms with Gasteiger partial charge in [0.1, 0.15) is 0 Å². The maximum absolute atomic E-state index is 5.82. The maximum Gasteiger partial charge on any atom is 0.0729 e. The minimum Gasteiger partial charge on any atom is -0.397 e. The highest BCUT2D eigenvalue weighted by Gasteiger charge is 2.05. The number of benzene rings is 1. The number of fused-ring (bicyclic) bond motifs is 1. The lowest BCUT2D eigenvalue weighted by atomic mass is 10.1. The highest BCUT2D eigenvalue weighted by atomic mass is 32.1. The monoisotopic (exact) mass is 178 g/mol. The van der Waals surface area contributed by atoms with Crippen molar-refractivity contribution in [1.82, 2.24) is 0 Å². The molecule has 2 aromatic rings. The summed E-state index contributed by atoms with van der Waals surface area (Å²) in [5.41, 5.74) is 14.1. The van der Waals surface area contributed by atoms with E-state index < -0.39 is 0 Å². The first-order valence-corrected chi connectivity index (χ1v) is 4.60. The molecule has 1 aromatic carbocycles. The van der Waals surface area contributed by atoms with Gasteiger partial charge in [0.2, 0.25) is 0 Å². The summed E-state index contributed by atoms with van der Waals surface area (Å²) < 4.78 is 1.10. The van der Waals surface area contributed by atoms with E-state index >= 15 is 0 Å². The molecule has 0 aliphatic heterocycles. The van der Waals surface area contributed by atoms with Gasteiger partial charge in [0.25, 0.3) is 0 Å². The van der Waals surface area contributed by atoms with Crippen molar-refractivity contribution in [2.75, 3.05) is 11.5 Å². The van der Waals surface area contributed by atoms with Gasteiger partial charge < -0.3 is 11.5 Å². The second-order valence-corrected chi connectivity index (χ2v) is 3.78. The van der Waals surface area contributed by atoms with Crippen LogP contribution >= 0.6 is 11.3 Å². The molecule has 0 aliphatic rings. The molecule has 0 radical (unpaired) electrons. The fourth-order valence-corrected chi connectivity index (χ4v) is 2.29. The first-order chi connectivity index (χ1) is 5.70. The Hall–Kier alpha value is -1.22. The Morgan fingerprint density at radius 2 is 2.08 bits per heavy atom. The van der Waals surface area contributed by atoms with Crippen LogP contribution < -0.4 is 11.5 Å². The van der Waals surface area contributed by atoms with Crippen LogP contribution in [0.1, 0.15) is 5.56 Å². The van der Waals surface area contributed by atoms with Crippen LogP contribution in [0.5, 0.6) is 0 Å². The van der Waals surface area contributed by atoms with Gasteiger partial charge >= 0.3 is 0 Å². The summed E-state index contributed by atoms with van der Waals surface area (Å²) in [5.74, 6) is 0. The Bertz CT molecular complexity index is 431. The molecule has 1 heterocycles. The average molecular weight is 178 g/mol. The second kappa shape index (κ2) is 2.38. The number of nitrogen functional groups attached to an aromatic ring is 2. The van der Waals surface area contributed by atoms with Crippen LogP contribution in [0.3, 0.4) is 0 Å². The van der Waals surface area contributed by atoms with Crippen LogP contribution in [0.4, 0.5) is 11.4 Å². The molecule has 0 atom stereocenters. The maximum atomic E-state index is 5.82. The van der Waals surface area contributed by atoms with Crippen molar-refractivity contribution < 1.29 is 0 Å². The quantitative estimate of drug-likeness (QED) is 0.608. The van der Waals surface area contributed by atoms with Gasteiger partial charge in [0.05, 0.1) is 16.1 Å². The SMILES string of the molecule is Cc1cc(N)c(N)c2sccc12. The lowest BCUT2D eigenvalue weighted by Crippen LogP contribution is -1.94. The summed E-state index contributed by atoms with van der Waals surface area (Å²) in [6.07, 6.45) is 0. The van der Waals surface area contributed by atoms with Crippen LogP contribution in [0.2, 0.25) is 0 Å². The third-order valence-corrected chi connectivity index (χ3v) is 2.97. The summed E-state index contributed by atoms with van der Waals surface area (Å²) >= 11 is 1.64. The average Bonchev–Trinajstić information content (AvgIpc) is 2.48. The molecule has 3 heteroatoms. The Morgan fingerprint density at radius 3 is 2.83 bits per heavy atom. The Morgan fingerprint density at radius 1 is 1.33 bits per heavy atom. The molecule has 62 valence electrons. The Balaban J connectivity index is 2.97. The molecular weight excluding hydrogens is 168 g/mol. The first-order valence-electron chi connectivity index (χ1n) is 3.72. The van der Waals surface area contributed by atoms with E-state index in [2.05, 4.69) is 6.07 Å². The molecule has 2 nitrogen and oxygen atoms in total. The number of hydrogen-bond donors (Lipinski definition) is 2. The molecule has 2 rings (SSSR count). The summed E-state index contributed by atoms with van der Waals surface area (Å²) in [6, 6.07) is 4.00. The molecule has 0 bridgehead atoms. The van der Waals surface area contributed by atoms with Crippen LogP contribution in [-0.2, 0) is 0 Å². The van der Waals surface area contributed by atoms with E-state index in [1.165, 1.54) is 10.9 Å². The Kier molecular flexibility index (Phi) is 1.48. The van der Waals surface area contributed by atoms with Gasteiger partial charge in [-0.15, -0.1) is 11.3 Å². The normalized spacial score (nSPS) is 10.8. The molecular formula is C9H10N2S. The number of rotatable bonds is 0. The van der Waals surface area contributed by atoms with E-state index in [0.29, 0.717) is 11.4 Å². The molecule has 0 amide bonds. The molecule has 0 aliphatic carbocycles. The van der Waals surface area contributed by atoms with Crippen molar-refractivity contribution in [3.05, 3.63) is 23.1 Å². The predicted molar refractivity (Wildman–Crippen MR) is 55.4 cm³/mol. The third-order valence-electron chi connectivity index (χ3n) is 2.02. The minimum absolute atomic E-state index is 0.683. The van der Waals surface area contributed by atoms with Gasteiger partial charge in [0.15, 0.2) is 0 Å². The van der Waals surface area contributed by atoms with Crippen molar-refractivity contribution in [3.8, 4) is 0 Å². The summed E-state index contributed by atoms with van der Waals surface area (Å²) in [7, 11) is 0. The van der Waals surface area contributed by atoms with Gasteiger partial charge in [-0.05, 0) is 35.4 Å². The van der Waals surface area contributed by atoms with Crippen molar-refractivity contribution in [3.63, 3.8) is 0 Å². The molecule has 1 aromatic heterocycles. The lowest BCUT2D eigenvalue weighted by molar-refractivity contribution is 1.54. The van der Waals surface area contributed by atoms with Crippen LogP contribution in [0, 0.1) is 6.92 Å². The van der Waals surface area contributed by atoms with Gasteiger partial charge in [-0.3, -0.25) is 0 Å². The van der Waals surface area contributed by atoms with Crippen molar-refractivity contribution >= 4 is 32.8 Å². The van der Waals surface area contributed by atoms with E-state index in [9.17, 15) is 0 Å². The predicted octanol–water partition coefficient (Wildman–Crippen LogP) is 2.37. The zero-order valence-corrected chi connectivity index (χ0v) is 7.61. The van der Waals surface area contributed by atoms with E-state index in [-0.39, 0.29) is 0 Å². The fraction of sp³-hybridized carbons (Fsp3) is 0.111. The molecule has 0 saturated carbocycles. The number of aryl methyl sites for hydroxylation is 1. The molecule has 0 fully saturated rings. The lowest BCUT2D eigenvalue weighted by Gasteiger charge is -2.03. The molecule has 12 heavy (non-hydrogen) atoms. The van der Waals surface area contributed by atoms with Crippen LogP contribution in [0.15, 0.2) is 17.5 Å². The first kappa shape index (κ1) is 7.43.